The van der Waals surface area contributed by atoms with Crippen LogP contribution in [0.2, 0.25) is 0 Å². The lowest BCUT2D eigenvalue weighted by molar-refractivity contribution is 0.113. The van der Waals surface area contributed by atoms with E-state index in [0.717, 1.165) is 12.6 Å². The number of nitrogens with zero attached hydrogens (tertiary/aromatic N) is 2. The summed E-state index contributed by atoms with van der Waals surface area (Å²) in [6, 6.07) is 1.40. The molecule has 19 heavy (non-hydrogen) atoms. The molecule has 1 fully saturated rings. The molecule has 1 aliphatic rings. The summed E-state index contributed by atoms with van der Waals surface area (Å²) in [6.45, 7) is 15.1. The fraction of sp³-hybridized carbons (Fsp3) is 1.00. The van der Waals surface area contributed by atoms with E-state index >= 15 is 0 Å². The Kier molecular flexibility index (Phi) is 6.28. The topological polar surface area (TPSA) is 18.5 Å². The lowest BCUT2D eigenvalue weighted by Gasteiger charge is -2.38. The third-order valence-corrected chi connectivity index (χ3v) is 4.04. The van der Waals surface area contributed by atoms with E-state index in [2.05, 4.69) is 63.8 Å². The number of likely N-dealkylation sites (tertiary alicyclic amines) is 1. The van der Waals surface area contributed by atoms with E-state index in [4.69, 9.17) is 0 Å². The van der Waals surface area contributed by atoms with Crippen LogP contribution in [0.4, 0.5) is 0 Å². The van der Waals surface area contributed by atoms with Crippen LogP contribution >= 0.6 is 0 Å². The van der Waals surface area contributed by atoms with Gasteiger partial charge in [0.1, 0.15) is 0 Å². The van der Waals surface area contributed by atoms with Crippen molar-refractivity contribution >= 4 is 0 Å². The van der Waals surface area contributed by atoms with E-state index in [1.807, 2.05) is 0 Å². The Morgan fingerprint density at radius 1 is 1.26 bits per heavy atom. The Morgan fingerprint density at radius 3 is 2.37 bits per heavy atom. The van der Waals surface area contributed by atoms with Crippen LogP contribution < -0.4 is 5.32 Å². The minimum atomic E-state index is 0.212. The zero-order valence-corrected chi connectivity index (χ0v) is 14.2. The summed E-state index contributed by atoms with van der Waals surface area (Å²) in [5, 5.41) is 3.70. The molecule has 0 spiro atoms. The van der Waals surface area contributed by atoms with Crippen LogP contribution in [0.5, 0.6) is 0 Å². The van der Waals surface area contributed by atoms with E-state index in [1.165, 1.54) is 25.9 Å². The number of nitrogens with one attached hydrogen (secondary N) is 1. The zero-order chi connectivity index (χ0) is 14.6. The first kappa shape index (κ1) is 16.9. The molecule has 0 aromatic rings. The molecule has 2 atom stereocenters. The molecule has 1 N–H and O–H groups in total. The van der Waals surface area contributed by atoms with Gasteiger partial charge in [0.25, 0.3) is 0 Å². The van der Waals surface area contributed by atoms with Crippen molar-refractivity contribution in [2.75, 3.05) is 33.7 Å². The summed E-state index contributed by atoms with van der Waals surface area (Å²) >= 11 is 0. The minimum Gasteiger partial charge on any atom is -0.311 e. The molecule has 3 nitrogen and oxygen atoms in total. The molecule has 3 heteroatoms. The van der Waals surface area contributed by atoms with Crippen molar-refractivity contribution < 1.29 is 0 Å². The SMILES string of the molecule is CC(C)C(CNC(C)(C)C)N1CCCC1CN(C)C. The number of hydrogen-bond acceptors (Lipinski definition) is 3. The smallest absolute Gasteiger partial charge is 0.0247 e. The lowest BCUT2D eigenvalue weighted by Crippen LogP contribution is -2.53. The Balaban J connectivity index is 2.64. The second kappa shape index (κ2) is 7.05. The largest absolute Gasteiger partial charge is 0.311 e. The summed E-state index contributed by atoms with van der Waals surface area (Å²) in [5.74, 6) is 0.706. The molecule has 0 aromatic heterocycles. The number of likely N-dealkylation sites (N-methyl/N-ethyl adjacent to an activating group) is 1. The van der Waals surface area contributed by atoms with Crippen molar-refractivity contribution in [1.82, 2.24) is 15.1 Å². The van der Waals surface area contributed by atoms with Crippen LogP contribution in [0.25, 0.3) is 0 Å². The molecule has 2 unspecified atom stereocenters. The van der Waals surface area contributed by atoms with Gasteiger partial charge in [-0.25, -0.2) is 0 Å². The molecule has 1 rings (SSSR count). The van der Waals surface area contributed by atoms with Gasteiger partial charge in [-0.05, 0) is 60.2 Å². The average Bonchev–Trinajstić information content (AvgIpc) is 2.63. The highest BCUT2D eigenvalue weighted by Gasteiger charge is 2.32. The third kappa shape index (κ3) is 5.80. The predicted molar refractivity (Wildman–Crippen MR) is 84.7 cm³/mol. The first-order chi connectivity index (χ1) is 8.70. The molecule has 0 saturated carbocycles. The summed E-state index contributed by atoms with van der Waals surface area (Å²) in [4.78, 5) is 5.08. The van der Waals surface area contributed by atoms with Crippen molar-refractivity contribution in [2.24, 2.45) is 5.92 Å². The maximum Gasteiger partial charge on any atom is 0.0247 e. The predicted octanol–water partition coefficient (Wildman–Crippen LogP) is 2.43. The molecular weight excluding hydrogens is 234 g/mol. The summed E-state index contributed by atoms with van der Waals surface area (Å²) in [7, 11) is 4.38. The van der Waals surface area contributed by atoms with E-state index < -0.39 is 0 Å². The van der Waals surface area contributed by atoms with Gasteiger partial charge in [0.05, 0.1) is 0 Å². The fourth-order valence-electron chi connectivity index (χ4n) is 3.06. The van der Waals surface area contributed by atoms with Gasteiger partial charge in [-0.15, -0.1) is 0 Å². The normalized spacial score (nSPS) is 23.5. The number of hydrogen-bond donors (Lipinski definition) is 1. The lowest BCUT2D eigenvalue weighted by atomic mass is 9.99. The molecule has 0 aromatic carbocycles. The molecule has 1 saturated heterocycles. The number of rotatable bonds is 6. The average molecular weight is 269 g/mol. The maximum atomic E-state index is 3.70. The first-order valence-electron chi connectivity index (χ1n) is 7.86. The Morgan fingerprint density at radius 2 is 1.89 bits per heavy atom. The second-order valence-electron chi connectivity index (χ2n) is 7.74. The third-order valence-electron chi connectivity index (χ3n) is 4.04. The molecular formula is C16H35N3. The molecule has 0 amide bonds. The Labute approximate surface area is 120 Å². The summed E-state index contributed by atoms with van der Waals surface area (Å²) in [5.41, 5.74) is 0.212. The monoisotopic (exact) mass is 269 g/mol. The maximum absolute atomic E-state index is 3.70. The van der Waals surface area contributed by atoms with Gasteiger partial charge >= 0.3 is 0 Å². The standard InChI is InChI=1S/C16H35N3/c1-13(2)15(11-17-16(3,4)5)19-10-8-9-14(19)12-18(6)7/h13-15,17H,8-12H2,1-7H3. The van der Waals surface area contributed by atoms with E-state index in [1.54, 1.807) is 0 Å². The van der Waals surface area contributed by atoms with Crippen molar-refractivity contribution in [1.29, 1.82) is 0 Å². The highest BCUT2D eigenvalue weighted by atomic mass is 15.3. The molecule has 1 aliphatic heterocycles. The van der Waals surface area contributed by atoms with Crippen molar-refractivity contribution in [3.8, 4) is 0 Å². The van der Waals surface area contributed by atoms with Crippen LogP contribution in [0.3, 0.4) is 0 Å². The van der Waals surface area contributed by atoms with Crippen molar-refractivity contribution in [3.05, 3.63) is 0 Å². The van der Waals surface area contributed by atoms with Crippen LogP contribution in [-0.4, -0.2) is 61.2 Å². The minimum absolute atomic E-state index is 0.212. The molecule has 0 radical (unpaired) electrons. The summed E-state index contributed by atoms with van der Waals surface area (Å²) in [6.07, 6.45) is 2.72. The van der Waals surface area contributed by atoms with Crippen LogP contribution in [0, 0.1) is 5.92 Å². The van der Waals surface area contributed by atoms with Crippen molar-refractivity contribution in [3.63, 3.8) is 0 Å². The van der Waals surface area contributed by atoms with Crippen molar-refractivity contribution in [2.45, 2.75) is 65.1 Å². The first-order valence-corrected chi connectivity index (χ1v) is 7.86. The van der Waals surface area contributed by atoms with Gasteiger partial charge in [-0.2, -0.15) is 0 Å². The Bertz CT molecular complexity index is 255. The van der Waals surface area contributed by atoms with Crippen LogP contribution in [0.1, 0.15) is 47.5 Å². The second-order valence-corrected chi connectivity index (χ2v) is 7.74. The van der Waals surface area contributed by atoms with Crippen LogP contribution in [-0.2, 0) is 0 Å². The van der Waals surface area contributed by atoms with Gasteiger partial charge in [0.15, 0.2) is 0 Å². The van der Waals surface area contributed by atoms with Gasteiger partial charge in [-0.3, -0.25) is 4.90 Å². The van der Waals surface area contributed by atoms with Gasteiger partial charge in [-0.1, -0.05) is 13.8 Å². The highest BCUT2D eigenvalue weighted by Crippen LogP contribution is 2.24. The van der Waals surface area contributed by atoms with E-state index in [-0.39, 0.29) is 5.54 Å². The summed E-state index contributed by atoms with van der Waals surface area (Å²) < 4.78 is 0. The van der Waals surface area contributed by atoms with Crippen LogP contribution in [0.15, 0.2) is 0 Å². The quantitative estimate of drug-likeness (QED) is 0.799. The molecule has 1 heterocycles. The highest BCUT2D eigenvalue weighted by molar-refractivity contribution is 4.89. The van der Waals surface area contributed by atoms with E-state index in [9.17, 15) is 0 Å². The van der Waals surface area contributed by atoms with Gasteiger partial charge in [0.2, 0.25) is 0 Å². The zero-order valence-electron chi connectivity index (χ0n) is 14.2. The molecule has 0 aliphatic carbocycles. The van der Waals surface area contributed by atoms with Gasteiger partial charge in [0, 0.05) is 30.7 Å². The van der Waals surface area contributed by atoms with Gasteiger partial charge < -0.3 is 10.2 Å². The fourth-order valence-corrected chi connectivity index (χ4v) is 3.06. The molecule has 114 valence electrons. The Hall–Kier alpha value is -0.120. The molecule has 0 bridgehead atoms. The van der Waals surface area contributed by atoms with E-state index in [0.29, 0.717) is 12.0 Å².